The SMILES string of the molecule is O=C(c1cc(-c2cccnc2)n(-c2ccc(OC(F)(F)F)cc2)n1)N1CCC(n2c(=O)[nH]c3ccc(F)c(F)c32)CC1. The van der Waals surface area contributed by atoms with Crippen molar-refractivity contribution in [2.45, 2.75) is 25.2 Å². The summed E-state index contributed by atoms with van der Waals surface area (Å²) < 4.78 is 72.9. The molecule has 1 N–H and O–H groups in total. The average Bonchev–Trinajstić information content (AvgIpc) is 3.57. The first-order valence-corrected chi connectivity index (χ1v) is 12.8. The molecule has 0 radical (unpaired) electrons. The number of ether oxygens (including phenoxy) is 1. The molecular formula is C28H21F5N6O3. The molecule has 42 heavy (non-hydrogen) atoms. The predicted octanol–water partition coefficient (Wildman–Crippen LogP) is 5.23. The molecule has 216 valence electrons. The standard InChI is InChI=1S/C28H21F5N6O3/c29-20-7-8-21-25(24(20)30)38(27(41)35-21)17-9-12-37(13-10-17)26(40)22-14-23(16-2-1-11-34-15-16)39(36-22)18-3-5-19(6-4-18)42-28(31,32)33/h1-8,11,14-15,17H,9-10,12-13H2,(H,35,41). The van der Waals surface area contributed by atoms with E-state index in [0.717, 1.165) is 18.2 Å². The Labute approximate surface area is 233 Å². The van der Waals surface area contributed by atoms with Crippen LogP contribution in [0.25, 0.3) is 28.0 Å². The van der Waals surface area contributed by atoms with E-state index in [0.29, 0.717) is 29.8 Å². The summed E-state index contributed by atoms with van der Waals surface area (Å²) in [5, 5.41) is 4.46. The van der Waals surface area contributed by atoms with Crippen LogP contribution >= 0.6 is 0 Å². The molecule has 0 unspecified atom stereocenters. The molecule has 0 spiro atoms. The smallest absolute Gasteiger partial charge is 0.406 e. The number of alkyl halides is 3. The summed E-state index contributed by atoms with van der Waals surface area (Å²) in [6, 6.07) is 11.9. The topological polar surface area (TPSA) is 98.0 Å². The van der Waals surface area contributed by atoms with Crippen molar-refractivity contribution in [2.75, 3.05) is 13.1 Å². The van der Waals surface area contributed by atoms with Crippen LogP contribution in [0.3, 0.4) is 0 Å². The number of carbonyl (C=O) groups excluding carboxylic acids is 1. The van der Waals surface area contributed by atoms with E-state index in [4.69, 9.17) is 0 Å². The second kappa shape index (κ2) is 10.4. The molecule has 14 heteroatoms. The first kappa shape index (κ1) is 27.2. The van der Waals surface area contributed by atoms with E-state index in [1.807, 2.05) is 0 Å². The van der Waals surface area contributed by atoms with Gasteiger partial charge in [-0.15, -0.1) is 13.2 Å². The highest BCUT2D eigenvalue weighted by Gasteiger charge is 2.32. The average molecular weight is 585 g/mol. The largest absolute Gasteiger partial charge is 0.573 e. The zero-order valence-corrected chi connectivity index (χ0v) is 21.6. The zero-order valence-electron chi connectivity index (χ0n) is 21.6. The molecule has 0 atom stereocenters. The van der Waals surface area contributed by atoms with Crippen LogP contribution < -0.4 is 10.4 Å². The Morgan fingerprint density at radius 2 is 1.76 bits per heavy atom. The third-order valence-corrected chi connectivity index (χ3v) is 7.09. The molecule has 2 aromatic carbocycles. The molecule has 3 aromatic heterocycles. The van der Waals surface area contributed by atoms with Crippen molar-refractivity contribution < 1.29 is 31.5 Å². The van der Waals surface area contributed by atoms with E-state index in [2.05, 4.69) is 19.8 Å². The number of piperidine rings is 1. The maximum absolute atomic E-state index is 14.6. The van der Waals surface area contributed by atoms with Gasteiger partial charge in [0.15, 0.2) is 17.3 Å². The summed E-state index contributed by atoms with van der Waals surface area (Å²) >= 11 is 0. The van der Waals surface area contributed by atoms with Crippen LogP contribution in [0.5, 0.6) is 5.75 Å². The summed E-state index contributed by atoms with van der Waals surface area (Å²) in [6.45, 7) is 0.441. The number of likely N-dealkylation sites (tertiary alicyclic amines) is 1. The lowest BCUT2D eigenvalue weighted by molar-refractivity contribution is -0.274. The van der Waals surface area contributed by atoms with Crippen molar-refractivity contribution in [2.24, 2.45) is 0 Å². The van der Waals surface area contributed by atoms with Gasteiger partial charge in [0.25, 0.3) is 5.91 Å². The van der Waals surface area contributed by atoms with E-state index in [9.17, 15) is 31.5 Å². The Balaban J connectivity index is 1.26. The van der Waals surface area contributed by atoms with Crippen LogP contribution in [0.15, 0.2) is 71.8 Å². The Morgan fingerprint density at radius 3 is 2.43 bits per heavy atom. The third-order valence-electron chi connectivity index (χ3n) is 7.09. The van der Waals surface area contributed by atoms with Gasteiger partial charge >= 0.3 is 12.1 Å². The molecule has 1 aliphatic heterocycles. The third kappa shape index (κ3) is 5.10. The lowest BCUT2D eigenvalue weighted by Gasteiger charge is -2.32. The van der Waals surface area contributed by atoms with Gasteiger partial charge in [-0.05, 0) is 67.4 Å². The molecule has 0 bridgehead atoms. The highest BCUT2D eigenvalue weighted by molar-refractivity contribution is 5.93. The second-order valence-corrected chi connectivity index (χ2v) is 9.69. The van der Waals surface area contributed by atoms with Gasteiger partial charge in [-0.3, -0.25) is 14.3 Å². The second-order valence-electron chi connectivity index (χ2n) is 9.69. The van der Waals surface area contributed by atoms with Crippen molar-refractivity contribution in [1.82, 2.24) is 29.2 Å². The molecule has 1 saturated heterocycles. The Bertz CT molecular complexity index is 1820. The van der Waals surface area contributed by atoms with Crippen LogP contribution in [0.2, 0.25) is 0 Å². The summed E-state index contributed by atoms with van der Waals surface area (Å²) in [4.78, 5) is 34.3. The summed E-state index contributed by atoms with van der Waals surface area (Å²) in [5.41, 5.74) is 1.04. The van der Waals surface area contributed by atoms with E-state index < -0.39 is 41.4 Å². The van der Waals surface area contributed by atoms with Crippen molar-refractivity contribution in [1.29, 1.82) is 0 Å². The number of nitrogens with zero attached hydrogens (tertiary/aromatic N) is 5. The van der Waals surface area contributed by atoms with Gasteiger partial charge in [0, 0.05) is 37.1 Å². The molecule has 0 saturated carbocycles. The maximum atomic E-state index is 14.6. The predicted molar refractivity (Wildman–Crippen MR) is 140 cm³/mol. The summed E-state index contributed by atoms with van der Waals surface area (Å²) in [6.07, 6.45) is -1.08. The molecule has 0 aliphatic carbocycles. The molecule has 4 heterocycles. The molecule has 1 fully saturated rings. The van der Waals surface area contributed by atoms with Gasteiger partial charge in [-0.1, -0.05) is 0 Å². The number of hydrogen-bond acceptors (Lipinski definition) is 5. The van der Waals surface area contributed by atoms with Crippen molar-refractivity contribution in [3.8, 4) is 22.7 Å². The molecule has 1 amide bonds. The fourth-order valence-electron chi connectivity index (χ4n) is 5.18. The molecule has 1 aliphatic rings. The van der Waals surface area contributed by atoms with E-state index in [1.54, 1.807) is 35.5 Å². The van der Waals surface area contributed by atoms with Crippen LogP contribution in [0.4, 0.5) is 22.0 Å². The summed E-state index contributed by atoms with van der Waals surface area (Å²) in [5.74, 6) is -2.99. The Kier molecular flexibility index (Phi) is 6.75. The van der Waals surface area contributed by atoms with Crippen LogP contribution in [-0.4, -0.2) is 54.6 Å². The number of nitrogens with one attached hydrogen (secondary N) is 1. The first-order valence-electron chi connectivity index (χ1n) is 12.8. The number of hydrogen-bond donors (Lipinski definition) is 1. The monoisotopic (exact) mass is 584 g/mol. The molecule has 6 rings (SSSR count). The van der Waals surface area contributed by atoms with E-state index in [-0.39, 0.29) is 29.8 Å². The lowest BCUT2D eigenvalue weighted by atomic mass is 10.0. The number of rotatable bonds is 5. The lowest BCUT2D eigenvalue weighted by Crippen LogP contribution is -2.40. The number of benzene rings is 2. The molecule has 9 nitrogen and oxygen atoms in total. The van der Waals surface area contributed by atoms with Gasteiger partial charge in [0.05, 0.1) is 16.9 Å². The number of H-pyrrole nitrogens is 1. The highest BCUT2D eigenvalue weighted by atomic mass is 19.4. The van der Waals surface area contributed by atoms with Crippen molar-refractivity contribution in [3.63, 3.8) is 0 Å². The van der Waals surface area contributed by atoms with E-state index in [1.165, 1.54) is 27.4 Å². The quantitative estimate of drug-likeness (QED) is 0.286. The number of carbonyl (C=O) groups is 1. The van der Waals surface area contributed by atoms with Gasteiger partial charge in [-0.2, -0.15) is 5.10 Å². The van der Waals surface area contributed by atoms with Crippen molar-refractivity contribution in [3.05, 3.63) is 94.8 Å². The number of pyridine rings is 1. The van der Waals surface area contributed by atoms with Gasteiger partial charge < -0.3 is 14.6 Å². The zero-order chi connectivity index (χ0) is 29.6. The fraction of sp³-hybridized carbons (Fsp3) is 0.214. The summed E-state index contributed by atoms with van der Waals surface area (Å²) in [7, 11) is 0. The highest BCUT2D eigenvalue weighted by Crippen LogP contribution is 2.30. The normalized spacial score (nSPS) is 14.5. The fourth-order valence-corrected chi connectivity index (χ4v) is 5.18. The van der Waals surface area contributed by atoms with Crippen LogP contribution in [0, 0.1) is 11.6 Å². The van der Waals surface area contributed by atoms with Crippen LogP contribution in [-0.2, 0) is 0 Å². The van der Waals surface area contributed by atoms with Gasteiger partial charge in [-0.25, -0.2) is 18.3 Å². The van der Waals surface area contributed by atoms with Crippen LogP contribution in [0.1, 0.15) is 29.4 Å². The van der Waals surface area contributed by atoms with E-state index >= 15 is 0 Å². The molecule has 5 aromatic rings. The number of aromatic nitrogens is 5. The minimum atomic E-state index is -4.84. The van der Waals surface area contributed by atoms with Crippen molar-refractivity contribution >= 4 is 16.9 Å². The number of imidazole rings is 1. The number of fused-ring (bicyclic) bond motifs is 1. The number of aromatic amines is 1. The molecular weight excluding hydrogens is 563 g/mol. The number of halogens is 5. The first-order chi connectivity index (χ1) is 20.1. The Hall–Kier alpha value is -5.01. The van der Waals surface area contributed by atoms with Gasteiger partial charge in [0.2, 0.25) is 0 Å². The minimum absolute atomic E-state index is 0.0836. The minimum Gasteiger partial charge on any atom is -0.406 e. The maximum Gasteiger partial charge on any atom is 0.573 e. The van der Waals surface area contributed by atoms with Gasteiger partial charge in [0.1, 0.15) is 11.3 Å². The Morgan fingerprint density at radius 1 is 1.02 bits per heavy atom. The number of amides is 1.